The standard InChI is InChI=1S/C23H36N2O3/c1-26-20-12-17(13-21(27-2)23(20)28-3)14-24-15-18-8-7-9-19(16-24)22(18)25-10-5-4-6-11-25/h12-13,18-19,22H,4-11,14-16H2,1-3H3/t18-,19-/m0/s1. The van der Waals surface area contributed by atoms with Crippen LogP contribution >= 0.6 is 0 Å². The molecule has 1 aromatic carbocycles. The van der Waals surface area contributed by atoms with Gasteiger partial charge < -0.3 is 14.2 Å². The van der Waals surface area contributed by atoms with Crippen molar-refractivity contribution in [1.82, 2.24) is 9.80 Å². The molecule has 5 nitrogen and oxygen atoms in total. The first-order chi connectivity index (χ1) is 13.7. The summed E-state index contributed by atoms with van der Waals surface area (Å²) in [4.78, 5) is 5.50. The molecule has 0 radical (unpaired) electrons. The van der Waals surface area contributed by atoms with Gasteiger partial charge in [0.05, 0.1) is 21.3 Å². The maximum Gasteiger partial charge on any atom is 0.203 e. The lowest BCUT2D eigenvalue weighted by molar-refractivity contribution is -0.0290. The molecule has 0 spiro atoms. The smallest absolute Gasteiger partial charge is 0.203 e. The maximum absolute atomic E-state index is 5.55. The lowest BCUT2D eigenvalue weighted by Gasteiger charge is -2.52. The summed E-state index contributed by atoms with van der Waals surface area (Å²) >= 11 is 0. The molecule has 2 atom stereocenters. The average molecular weight is 389 g/mol. The molecular weight excluding hydrogens is 352 g/mol. The van der Waals surface area contributed by atoms with Gasteiger partial charge in [-0.1, -0.05) is 12.8 Å². The van der Waals surface area contributed by atoms with Gasteiger partial charge in [-0.3, -0.25) is 9.80 Å². The highest BCUT2D eigenvalue weighted by Gasteiger charge is 2.42. The Balaban J connectivity index is 1.48. The zero-order valence-electron chi connectivity index (χ0n) is 17.8. The molecule has 4 rings (SSSR count). The van der Waals surface area contributed by atoms with Crippen molar-refractivity contribution < 1.29 is 14.2 Å². The fourth-order valence-electron chi connectivity index (χ4n) is 5.93. The van der Waals surface area contributed by atoms with Crippen molar-refractivity contribution in [3.8, 4) is 17.2 Å². The summed E-state index contributed by atoms with van der Waals surface area (Å²) in [6.45, 7) is 6.04. The molecule has 28 heavy (non-hydrogen) atoms. The third-order valence-corrected chi connectivity index (χ3v) is 7.04. The number of nitrogens with zero attached hydrogens (tertiary/aromatic N) is 2. The van der Waals surface area contributed by atoms with E-state index in [1.54, 1.807) is 21.3 Å². The molecule has 1 saturated carbocycles. The Morgan fingerprint density at radius 1 is 0.821 bits per heavy atom. The molecule has 5 heteroatoms. The van der Waals surface area contributed by atoms with Crippen LogP contribution in [0.15, 0.2) is 12.1 Å². The first-order valence-corrected chi connectivity index (χ1v) is 11.0. The van der Waals surface area contributed by atoms with Crippen LogP contribution in [0.25, 0.3) is 0 Å². The molecule has 3 fully saturated rings. The third kappa shape index (κ3) is 3.97. The number of methoxy groups -OCH3 is 3. The zero-order valence-corrected chi connectivity index (χ0v) is 17.8. The maximum atomic E-state index is 5.55. The van der Waals surface area contributed by atoms with Crippen LogP contribution in [0.2, 0.25) is 0 Å². The van der Waals surface area contributed by atoms with E-state index in [0.29, 0.717) is 5.75 Å². The molecule has 0 N–H and O–H groups in total. The van der Waals surface area contributed by atoms with Gasteiger partial charge in [0.15, 0.2) is 11.5 Å². The Kier molecular flexibility index (Phi) is 6.32. The number of ether oxygens (including phenoxy) is 3. The summed E-state index contributed by atoms with van der Waals surface area (Å²) in [5, 5.41) is 0. The van der Waals surface area contributed by atoms with Crippen LogP contribution in [0.1, 0.15) is 44.1 Å². The van der Waals surface area contributed by atoms with Crippen molar-refractivity contribution >= 4 is 0 Å². The Bertz CT molecular complexity index is 620. The van der Waals surface area contributed by atoms with Crippen LogP contribution in [0.4, 0.5) is 0 Å². The van der Waals surface area contributed by atoms with Gasteiger partial charge in [-0.25, -0.2) is 0 Å². The van der Waals surface area contributed by atoms with Gasteiger partial charge >= 0.3 is 0 Å². The van der Waals surface area contributed by atoms with E-state index in [1.807, 2.05) is 0 Å². The molecule has 2 saturated heterocycles. The summed E-state index contributed by atoms with van der Waals surface area (Å²) in [6.07, 6.45) is 8.41. The average Bonchev–Trinajstić information content (AvgIpc) is 2.73. The number of hydrogen-bond donors (Lipinski definition) is 0. The van der Waals surface area contributed by atoms with Crippen molar-refractivity contribution in [3.63, 3.8) is 0 Å². The summed E-state index contributed by atoms with van der Waals surface area (Å²) in [6, 6.07) is 5.03. The number of fused-ring (bicyclic) bond motifs is 2. The highest BCUT2D eigenvalue weighted by atomic mass is 16.5. The minimum Gasteiger partial charge on any atom is -0.493 e. The zero-order chi connectivity index (χ0) is 19.5. The largest absolute Gasteiger partial charge is 0.493 e. The van der Waals surface area contributed by atoms with E-state index in [0.717, 1.165) is 35.9 Å². The van der Waals surface area contributed by atoms with Crippen LogP contribution in [0, 0.1) is 11.8 Å². The molecule has 3 aliphatic rings. The number of hydrogen-bond acceptors (Lipinski definition) is 5. The molecule has 2 aliphatic heterocycles. The summed E-state index contributed by atoms with van der Waals surface area (Å²) < 4.78 is 16.6. The van der Waals surface area contributed by atoms with Crippen molar-refractivity contribution in [3.05, 3.63) is 17.7 Å². The van der Waals surface area contributed by atoms with E-state index < -0.39 is 0 Å². The van der Waals surface area contributed by atoms with Gasteiger partial charge in [0, 0.05) is 25.7 Å². The van der Waals surface area contributed by atoms with Crippen LogP contribution in [0.5, 0.6) is 17.2 Å². The van der Waals surface area contributed by atoms with Crippen molar-refractivity contribution in [2.24, 2.45) is 11.8 Å². The molecule has 0 unspecified atom stereocenters. The first kappa shape index (κ1) is 19.8. The molecule has 2 heterocycles. The number of benzene rings is 1. The summed E-state index contributed by atoms with van der Waals surface area (Å²) in [5.41, 5.74) is 1.24. The predicted octanol–water partition coefficient (Wildman–Crippen LogP) is 3.80. The predicted molar refractivity (Wildman–Crippen MR) is 111 cm³/mol. The first-order valence-electron chi connectivity index (χ1n) is 11.0. The molecule has 0 amide bonds. The fourth-order valence-corrected chi connectivity index (χ4v) is 5.93. The molecule has 1 aliphatic carbocycles. The molecular formula is C23H36N2O3. The lowest BCUT2D eigenvalue weighted by atomic mass is 9.72. The summed E-state index contributed by atoms with van der Waals surface area (Å²) in [5.74, 6) is 3.83. The van der Waals surface area contributed by atoms with Crippen molar-refractivity contribution in [1.29, 1.82) is 0 Å². The Morgan fingerprint density at radius 2 is 1.43 bits per heavy atom. The van der Waals surface area contributed by atoms with Gasteiger partial charge in [0.2, 0.25) is 5.75 Å². The van der Waals surface area contributed by atoms with Crippen LogP contribution in [-0.2, 0) is 6.54 Å². The highest BCUT2D eigenvalue weighted by molar-refractivity contribution is 5.53. The molecule has 156 valence electrons. The van der Waals surface area contributed by atoms with E-state index in [9.17, 15) is 0 Å². The van der Waals surface area contributed by atoms with E-state index in [4.69, 9.17) is 14.2 Å². The Labute approximate surface area is 169 Å². The fraction of sp³-hybridized carbons (Fsp3) is 0.739. The monoisotopic (exact) mass is 388 g/mol. The van der Waals surface area contributed by atoms with Gasteiger partial charge in [-0.15, -0.1) is 0 Å². The lowest BCUT2D eigenvalue weighted by Crippen LogP contribution is -2.58. The van der Waals surface area contributed by atoms with Gasteiger partial charge in [0.25, 0.3) is 0 Å². The SMILES string of the molecule is COc1cc(CN2C[C@@H]3CCC[C@@H](C2)C3N2CCCCC2)cc(OC)c1OC. The quantitative estimate of drug-likeness (QED) is 0.740. The van der Waals surface area contributed by atoms with Crippen molar-refractivity contribution in [2.75, 3.05) is 47.5 Å². The van der Waals surface area contributed by atoms with Gasteiger partial charge in [-0.2, -0.15) is 0 Å². The van der Waals surface area contributed by atoms with Gasteiger partial charge in [0.1, 0.15) is 0 Å². The molecule has 1 aromatic rings. The second-order valence-corrected chi connectivity index (χ2v) is 8.77. The second kappa shape index (κ2) is 8.91. The van der Waals surface area contributed by atoms with Crippen LogP contribution in [0.3, 0.4) is 0 Å². The number of piperidine rings is 2. The minimum absolute atomic E-state index is 0.675. The second-order valence-electron chi connectivity index (χ2n) is 8.77. The van der Waals surface area contributed by atoms with Gasteiger partial charge in [-0.05, 0) is 68.3 Å². The number of likely N-dealkylation sites (tertiary alicyclic amines) is 2. The van der Waals surface area contributed by atoms with Crippen LogP contribution < -0.4 is 14.2 Å². The molecule has 0 aromatic heterocycles. The van der Waals surface area contributed by atoms with Crippen LogP contribution in [-0.4, -0.2) is 63.4 Å². The number of rotatable bonds is 6. The third-order valence-electron chi connectivity index (χ3n) is 7.04. The Hall–Kier alpha value is -1.46. The van der Waals surface area contributed by atoms with E-state index in [-0.39, 0.29) is 0 Å². The minimum atomic E-state index is 0.675. The topological polar surface area (TPSA) is 34.2 Å². The van der Waals surface area contributed by atoms with E-state index in [1.165, 1.54) is 70.3 Å². The highest BCUT2D eigenvalue weighted by Crippen LogP contribution is 2.41. The van der Waals surface area contributed by atoms with E-state index in [2.05, 4.69) is 21.9 Å². The normalized spacial score (nSPS) is 28.8. The Morgan fingerprint density at radius 3 is 1.96 bits per heavy atom. The molecule has 2 bridgehead atoms. The van der Waals surface area contributed by atoms with Crippen molar-refractivity contribution in [2.45, 2.75) is 51.1 Å². The van der Waals surface area contributed by atoms with E-state index >= 15 is 0 Å². The summed E-state index contributed by atoms with van der Waals surface area (Å²) in [7, 11) is 5.04.